The monoisotopic (exact) mass is 242 g/mol. The number of hydrogen-bond acceptors (Lipinski definition) is 2. The molecule has 3 heteroatoms. The van der Waals surface area contributed by atoms with Crippen molar-refractivity contribution >= 4 is 0 Å². The number of hydrogen-bond donors (Lipinski definition) is 0. The predicted molar refractivity (Wildman–Crippen MR) is 72.0 cm³/mol. The highest BCUT2D eigenvalue weighted by atomic mass is 16.5. The van der Waals surface area contributed by atoms with Gasteiger partial charge < -0.3 is 4.74 Å². The smallest absolute Gasteiger partial charge is 0.122 e. The van der Waals surface area contributed by atoms with E-state index in [0.29, 0.717) is 6.04 Å². The molecule has 0 N–H and O–H groups in total. The van der Waals surface area contributed by atoms with Crippen molar-refractivity contribution in [1.82, 2.24) is 9.78 Å². The van der Waals surface area contributed by atoms with Gasteiger partial charge in [-0.3, -0.25) is 4.68 Å². The first-order chi connectivity index (χ1) is 8.69. The Morgan fingerprint density at radius 2 is 2.00 bits per heavy atom. The molecule has 0 saturated heterocycles. The molecule has 1 saturated carbocycles. The van der Waals surface area contributed by atoms with E-state index in [-0.39, 0.29) is 0 Å². The second-order valence-corrected chi connectivity index (χ2v) is 5.05. The molecular formula is C15H18N2O. The summed E-state index contributed by atoms with van der Waals surface area (Å²) >= 11 is 0. The van der Waals surface area contributed by atoms with Gasteiger partial charge in [0.15, 0.2) is 0 Å². The first-order valence-electron chi connectivity index (χ1n) is 6.40. The van der Waals surface area contributed by atoms with E-state index in [1.165, 1.54) is 24.0 Å². The third-order valence-corrected chi connectivity index (χ3v) is 3.55. The number of rotatable bonds is 3. The molecule has 1 heterocycles. The Kier molecular flexibility index (Phi) is 2.62. The van der Waals surface area contributed by atoms with Crippen molar-refractivity contribution in [3.05, 3.63) is 35.5 Å². The van der Waals surface area contributed by atoms with E-state index in [9.17, 15) is 0 Å². The van der Waals surface area contributed by atoms with Crippen molar-refractivity contribution < 1.29 is 4.74 Å². The first-order valence-corrected chi connectivity index (χ1v) is 6.40. The van der Waals surface area contributed by atoms with Crippen molar-refractivity contribution in [2.75, 3.05) is 7.11 Å². The molecule has 1 aliphatic carbocycles. The fourth-order valence-electron chi connectivity index (χ4n) is 2.31. The lowest BCUT2D eigenvalue weighted by atomic mass is 10.0. The van der Waals surface area contributed by atoms with Crippen LogP contribution in [0.2, 0.25) is 0 Å². The van der Waals surface area contributed by atoms with Gasteiger partial charge in [-0.25, -0.2) is 0 Å². The van der Waals surface area contributed by atoms with Crippen molar-refractivity contribution in [2.24, 2.45) is 0 Å². The van der Waals surface area contributed by atoms with E-state index in [4.69, 9.17) is 4.74 Å². The van der Waals surface area contributed by atoms with Crippen LogP contribution in [-0.4, -0.2) is 16.9 Å². The Morgan fingerprint density at radius 3 is 2.67 bits per heavy atom. The summed E-state index contributed by atoms with van der Waals surface area (Å²) in [6.07, 6.45) is 4.62. The normalized spacial score (nSPS) is 14.8. The van der Waals surface area contributed by atoms with Gasteiger partial charge in [-0.1, -0.05) is 0 Å². The second kappa shape index (κ2) is 4.16. The van der Waals surface area contributed by atoms with Crippen LogP contribution in [-0.2, 0) is 0 Å². The molecule has 0 bridgehead atoms. The lowest BCUT2D eigenvalue weighted by Crippen LogP contribution is -1.95. The Hall–Kier alpha value is -1.77. The quantitative estimate of drug-likeness (QED) is 0.823. The number of nitrogens with zero attached hydrogens (tertiary/aromatic N) is 2. The first kappa shape index (κ1) is 11.3. The zero-order valence-corrected chi connectivity index (χ0v) is 11.1. The lowest BCUT2D eigenvalue weighted by molar-refractivity contribution is 0.411. The fourth-order valence-corrected chi connectivity index (χ4v) is 2.31. The number of benzene rings is 1. The van der Waals surface area contributed by atoms with Gasteiger partial charge in [-0.05, 0) is 56.0 Å². The highest BCUT2D eigenvalue weighted by molar-refractivity contribution is 5.66. The molecule has 0 aliphatic heterocycles. The largest absolute Gasteiger partial charge is 0.496 e. The van der Waals surface area contributed by atoms with Gasteiger partial charge in [0, 0.05) is 11.8 Å². The summed E-state index contributed by atoms with van der Waals surface area (Å²) in [5.74, 6) is 0.942. The maximum absolute atomic E-state index is 5.34. The highest BCUT2D eigenvalue weighted by Gasteiger charge is 2.24. The van der Waals surface area contributed by atoms with Gasteiger partial charge in [0.25, 0.3) is 0 Å². The minimum Gasteiger partial charge on any atom is -0.496 e. The van der Waals surface area contributed by atoms with E-state index in [1.54, 1.807) is 7.11 Å². The van der Waals surface area contributed by atoms with Crippen molar-refractivity contribution in [3.8, 4) is 17.0 Å². The molecule has 18 heavy (non-hydrogen) atoms. The number of aromatic nitrogens is 2. The summed E-state index contributed by atoms with van der Waals surface area (Å²) in [5.41, 5.74) is 4.62. The molecule has 0 atom stereocenters. The molecule has 0 spiro atoms. The Morgan fingerprint density at radius 1 is 1.22 bits per heavy atom. The van der Waals surface area contributed by atoms with E-state index in [2.05, 4.69) is 48.0 Å². The van der Waals surface area contributed by atoms with E-state index >= 15 is 0 Å². The van der Waals surface area contributed by atoms with Crippen LogP contribution in [0.1, 0.15) is 30.0 Å². The molecule has 3 nitrogen and oxygen atoms in total. The zero-order valence-electron chi connectivity index (χ0n) is 11.1. The molecule has 1 fully saturated rings. The summed E-state index contributed by atoms with van der Waals surface area (Å²) in [5, 5.41) is 4.68. The van der Waals surface area contributed by atoms with E-state index in [0.717, 1.165) is 17.0 Å². The molecule has 1 aromatic heterocycles. The van der Waals surface area contributed by atoms with Gasteiger partial charge in [0.1, 0.15) is 5.75 Å². The predicted octanol–water partition coefficient (Wildman–Crippen LogP) is 3.51. The van der Waals surface area contributed by atoms with Crippen molar-refractivity contribution in [3.63, 3.8) is 0 Å². The molecule has 0 unspecified atom stereocenters. The molecule has 0 radical (unpaired) electrons. The van der Waals surface area contributed by atoms with Crippen LogP contribution in [0.3, 0.4) is 0 Å². The summed E-state index contributed by atoms with van der Waals surface area (Å²) < 4.78 is 7.44. The minimum atomic E-state index is 0.637. The second-order valence-electron chi connectivity index (χ2n) is 5.05. The Balaban J connectivity index is 2.01. The maximum Gasteiger partial charge on any atom is 0.122 e. The lowest BCUT2D eigenvalue weighted by Gasteiger charge is -2.09. The van der Waals surface area contributed by atoms with Crippen LogP contribution in [0.25, 0.3) is 11.3 Å². The van der Waals surface area contributed by atoms with Gasteiger partial charge in [-0.2, -0.15) is 5.10 Å². The molecule has 2 aromatic rings. The van der Waals surface area contributed by atoms with Crippen LogP contribution < -0.4 is 4.74 Å². The number of methoxy groups -OCH3 is 1. The molecular weight excluding hydrogens is 224 g/mol. The summed E-state index contributed by atoms with van der Waals surface area (Å²) in [4.78, 5) is 0. The average Bonchev–Trinajstić information content (AvgIpc) is 3.10. The molecule has 1 aliphatic rings. The zero-order chi connectivity index (χ0) is 12.7. The van der Waals surface area contributed by atoms with Crippen LogP contribution >= 0.6 is 0 Å². The number of aryl methyl sites for hydroxylation is 2. The summed E-state index contributed by atoms with van der Waals surface area (Å²) in [7, 11) is 1.71. The number of ether oxygens (including phenoxy) is 1. The van der Waals surface area contributed by atoms with Gasteiger partial charge in [0.2, 0.25) is 0 Å². The third-order valence-electron chi connectivity index (χ3n) is 3.55. The molecule has 0 amide bonds. The van der Waals surface area contributed by atoms with Crippen LogP contribution in [0.15, 0.2) is 24.4 Å². The topological polar surface area (TPSA) is 27.1 Å². The summed E-state index contributed by atoms with van der Waals surface area (Å²) in [6, 6.07) is 6.99. The Bertz CT molecular complexity index is 582. The standard InChI is InChI=1S/C15H18N2O/c1-10-9-15(18-3)11(2)8-13(10)14-6-7-17(16-14)12-4-5-12/h6-9,12H,4-5H2,1-3H3. The fraction of sp³-hybridized carbons (Fsp3) is 0.400. The molecule has 3 rings (SSSR count). The Labute approximate surface area is 107 Å². The SMILES string of the molecule is COc1cc(C)c(-c2ccn(C3CC3)n2)cc1C. The van der Waals surface area contributed by atoms with Gasteiger partial charge >= 0.3 is 0 Å². The molecule has 94 valence electrons. The van der Waals surface area contributed by atoms with Crippen LogP contribution in [0, 0.1) is 13.8 Å². The maximum atomic E-state index is 5.34. The van der Waals surface area contributed by atoms with E-state index in [1.807, 2.05) is 0 Å². The van der Waals surface area contributed by atoms with Crippen molar-refractivity contribution in [1.29, 1.82) is 0 Å². The summed E-state index contributed by atoms with van der Waals surface area (Å²) in [6.45, 7) is 4.17. The minimum absolute atomic E-state index is 0.637. The van der Waals surface area contributed by atoms with Crippen LogP contribution in [0.4, 0.5) is 0 Å². The average molecular weight is 242 g/mol. The van der Waals surface area contributed by atoms with Gasteiger partial charge in [-0.15, -0.1) is 0 Å². The third kappa shape index (κ3) is 1.90. The molecule has 1 aromatic carbocycles. The van der Waals surface area contributed by atoms with Crippen LogP contribution in [0.5, 0.6) is 5.75 Å². The van der Waals surface area contributed by atoms with Gasteiger partial charge in [0.05, 0.1) is 18.8 Å². The highest BCUT2D eigenvalue weighted by Crippen LogP contribution is 2.35. The van der Waals surface area contributed by atoms with Crippen molar-refractivity contribution in [2.45, 2.75) is 32.7 Å². The van der Waals surface area contributed by atoms with E-state index < -0.39 is 0 Å².